The first-order valence-electron chi connectivity index (χ1n) is 7.34. The van der Waals surface area contributed by atoms with Gasteiger partial charge in [-0.15, -0.1) is 0 Å². The number of benzene rings is 1. The van der Waals surface area contributed by atoms with Gasteiger partial charge in [-0.2, -0.15) is 0 Å². The summed E-state index contributed by atoms with van der Waals surface area (Å²) in [5.74, 6) is -1.30. The lowest BCUT2D eigenvalue weighted by molar-refractivity contribution is -0.384. The third kappa shape index (κ3) is 5.16. The number of carbonyl (C=O) groups is 2. The number of amides is 2. The van der Waals surface area contributed by atoms with Crippen molar-refractivity contribution in [3.8, 4) is 0 Å². The van der Waals surface area contributed by atoms with Crippen LogP contribution in [0.25, 0.3) is 0 Å². The molecule has 0 aliphatic rings. The van der Waals surface area contributed by atoms with Gasteiger partial charge in [0.1, 0.15) is 0 Å². The van der Waals surface area contributed by atoms with Crippen molar-refractivity contribution in [3.05, 3.63) is 34.4 Å². The van der Waals surface area contributed by atoms with Gasteiger partial charge in [0.15, 0.2) is 0 Å². The second-order valence-corrected chi connectivity index (χ2v) is 4.90. The number of hydrogen-bond donors (Lipinski definition) is 1. The van der Waals surface area contributed by atoms with Crippen LogP contribution in [0.1, 0.15) is 33.1 Å². The molecule has 2 amide bonds. The number of rotatable bonds is 7. The lowest BCUT2D eigenvalue weighted by Crippen LogP contribution is -2.40. The quantitative estimate of drug-likeness (QED) is 0.476. The minimum atomic E-state index is -0.724. The summed E-state index contributed by atoms with van der Waals surface area (Å²) in [5.41, 5.74) is 0.288. The molecule has 120 valence electrons. The van der Waals surface area contributed by atoms with E-state index >= 15 is 0 Å². The molecular formula is C15H21N3O4. The topological polar surface area (TPSA) is 92.6 Å². The van der Waals surface area contributed by atoms with Gasteiger partial charge in [0.25, 0.3) is 5.69 Å². The molecule has 0 saturated carbocycles. The minimum absolute atomic E-state index is 0.0696. The number of carbonyl (C=O) groups excluding carboxylic acids is 2. The number of non-ortho nitro benzene ring substituents is 1. The molecule has 1 rings (SSSR count). The molecule has 0 aromatic heterocycles. The predicted molar refractivity (Wildman–Crippen MR) is 83.5 cm³/mol. The summed E-state index contributed by atoms with van der Waals surface area (Å²) < 4.78 is 0. The number of hydrogen-bond acceptors (Lipinski definition) is 4. The van der Waals surface area contributed by atoms with E-state index in [2.05, 4.69) is 5.32 Å². The average molecular weight is 307 g/mol. The first-order valence-corrected chi connectivity index (χ1v) is 7.34. The van der Waals surface area contributed by atoms with E-state index in [0.29, 0.717) is 18.8 Å². The van der Waals surface area contributed by atoms with E-state index in [1.54, 1.807) is 0 Å². The van der Waals surface area contributed by atoms with Crippen LogP contribution in [0.15, 0.2) is 24.3 Å². The van der Waals surface area contributed by atoms with E-state index in [1.807, 2.05) is 13.8 Å². The van der Waals surface area contributed by atoms with Crippen LogP contribution in [-0.2, 0) is 9.59 Å². The van der Waals surface area contributed by atoms with E-state index in [9.17, 15) is 19.7 Å². The van der Waals surface area contributed by atoms with Crippen molar-refractivity contribution in [2.24, 2.45) is 0 Å². The van der Waals surface area contributed by atoms with E-state index in [0.717, 1.165) is 19.3 Å². The highest BCUT2D eigenvalue weighted by Crippen LogP contribution is 2.15. The maximum Gasteiger partial charge on any atom is 0.313 e. The Hall–Kier alpha value is -2.44. The van der Waals surface area contributed by atoms with Gasteiger partial charge in [-0.3, -0.25) is 19.7 Å². The smallest absolute Gasteiger partial charge is 0.313 e. The highest BCUT2D eigenvalue weighted by molar-refractivity contribution is 6.39. The summed E-state index contributed by atoms with van der Waals surface area (Å²) in [7, 11) is 0. The first kappa shape index (κ1) is 17.6. The predicted octanol–water partition coefficient (Wildman–Crippen LogP) is 2.57. The normalized spacial score (nSPS) is 10.1. The Morgan fingerprint density at radius 3 is 2.27 bits per heavy atom. The third-order valence-electron chi connectivity index (χ3n) is 3.09. The summed E-state index contributed by atoms with van der Waals surface area (Å²) in [6.07, 6.45) is 2.56. The molecule has 0 unspecified atom stereocenters. The van der Waals surface area contributed by atoms with Crippen molar-refractivity contribution in [2.45, 2.75) is 33.1 Å². The maximum atomic E-state index is 12.1. The lowest BCUT2D eigenvalue weighted by Gasteiger charge is -2.21. The van der Waals surface area contributed by atoms with Crippen LogP contribution in [0.2, 0.25) is 0 Å². The molecule has 1 aromatic rings. The van der Waals surface area contributed by atoms with Crippen LogP contribution in [0, 0.1) is 10.1 Å². The van der Waals surface area contributed by atoms with Gasteiger partial charge in [0.2, 0.25) is 0 Å². The molecular weight excluding hydrogens is 286 g/mol. The lowest BCUT2D eigenvalue weighted by atomic mass is 10.2. The van der Waals surface area contributed by atoms with E-state index in [1.165, 1.54) is 29.2 Å². The molecule has 7 nitrogen and oxygen atoms in total. The fraction of sp³-hybridized carbons (Fsp3) is 0.467. The second kappa shape index (κ2) is 8.76. The van der Waals surface area contributed by atoms with E-state index in [-0.39, 0.29) is 5.69 Å². The zero-order valence-electron chi connectivity index (χ0n) is 12.9. The molecule has 0 saturated heterocycles. The van der Waals surface area contributed by atoms with Gasteiger partial charge >= 0.3 is 11.8 Å². The molecule has 0 fully saturated rings. The summed E-state index contributed by atoms with van der Waals surface area (Å²) in [6.45, 7) is 5.05. The van der Waals surface area contributed by atoms with Crippen molar-refractivity contribution in [1.82, 2.24) is 4.90 Å². The standard InChI is InChI=1S/C15H21N3O4/c1-3-5-11-17(10-4-2)15(20)14(19)16-12-6-8-13(9-7-12)18(21)22/h6-9H,3-5,10-11H2,1-2H3,(H,16,19). The van der Waals surface area contributed by atoms with Gasteiger partial charge in [0.05, 0.1) is 4.92 Å². The van der Waals surface area contributed by atoms with E-state index in [4.69, 9.17) is 0 Å². The van der Waals surface area contributed by atoms with Gasteiger partial charge in [-0.1, -0.05) is 20.3 Å². The number of nitrogens with one attached hydrogen (secondary N) is 1. The molecule has 0 atom stereocenters. The number of unbranched alkanes of at least 4 members (excludes halogenated alkanes) is 1. The molecule has 0 bridgehead atoms. The fourth-order valence-corrected chi connectivity index (χ4v) is 1.93. The monoisotopic (exact) mass is 307 g/mol. The van der Waals surface area contributed by atoms with Crippen molar-refractivity contribution in [3.63, 3.8) is 0 Å². The van der Waals surface area contributed by atoms with Gasteiger partial charge in [0, 0.05) is 30.9 Å². The van der Waals surface area contributed by atoms with Gasteiger partial charge in [-0.25, -0.2) is 0 Å². The van der Waals surface area contributed by atoms with Crippen molar-refractivity contribution < 1.29 is 14.5 Å². The second-order valence-electron chi connectivity index (χ2n) is 4.90. The molecule has 0 radical (unpaired) electrons. The van der Waals surface area contributed by atoms with Crippen LogP contribution in [0.4, 0.5) is 11.4 Å². The zero-order chi connectivity index (χ0) is 16.5. The molecule has 0 spiro atoms. The van der Waals surface area contributed by atoms with Gasteiger partial charge in [-0.05, 0) is 25.0 Å². The number of anilines is 1. The third-order valence-corrected chi connectivity index (χ3v) is 3.09. The summed E-state index contributed by atoms with van der Waals surface area (Å²) >= 11 is 0. The van der Waals surface area contributed by atoms with Crippen LogP contribution in [0.5, 0.6) is 0 Å². The average Bonchev–Trinajstić information content (AvgIpc) is 2.51. The zero-order valence-corrected chi connectivity index (χ0v) is 12.9. The van der Waals surface area contributed by atoms with Crippen LogP contribution < -0.4 is 5.32 Å². The Morgan fingerprint density at radius 1 is 1.14 bits per heavy atom. The Kier molecular flexibility index (Phi) is 7.01. The van der Waals surface area contributed by atoms with Crippen molar-refractivity contribution in [1.29, 1.82) is 0 Å². The molecule has 7 heteroatoms. The van der Waals surface area contributed by atoms with Crippen molar-refractivity contribution in [2.75, 3.05) is 18.4 Å². The number of nitro benzene ring substituents is 1. The fourth-order valence-electron chi connectivity index (χ4n) is 1.93. The summed E-state index contributed by atoms with van der Waals surface area (Å²) in [5, 5.41) is 13.0. The van der Waals surface area contributed by atoms with Crippen LogP contribution in [0.3, 0.4) is 0 Å². The molecule has 0 aliphatic carbocycles. The van der Waals surface area contributed by atoms with Crippen LogP contribution in [-0.4, -0.2) is 34.7 Å². The Labute approximate surface area is 129 Å². The molecule has 22 heavy (non-hydrogen) atoms. The van der Waals surface area contributed by atoms with E-state index < -0.39 is 16.7 Å². The maximum absolute atomic E-state index is 12.1. The Morgan fingerprint density at radius 2 is 1.77 bits per heavy atom. The first-order chi connectivity index (χ1) is 10.5. The minimum Gasteiger partial charge on any atom is -0.334 e. The Balaban J connectivity index is 2.68. The molecule has 0 heterocycles. The van der Waals surface area contributed by atoms with Crippen LogP contribution >= 0.6 is 0 Å². The molecule has 0 aliphatic heterocycles. The SMILES string of the molecule is CCCCN(CCC)C(=O)C(=O)Nc1ccc([N+](=O)[O-])cc1. The summed E-state index contributed by atoms with van der Waals surface area (Å²) in [4.78, 5) is 35.7. The number of nitro groups is 1. The summed E-state index contributed by atoms with van der Waals surface area (Å²) in [6, 6.07) is 5.36. The molecule has 1 aromatic carbocycles. The molecule has 1 N–H and O–H groups in total. The highest BCUT2D eigenvalue weighted by atomic mass is 16.6. The Bertz CT molecular complexity index is 528. The number of nitrogens with zero attached hydrogens (tertiary/aromatic N) is 2. The highest BCUT2D eigenvalue weighted by Gasteiger charge is 2.21. The largest absolute Gasteiger partial charge is 0.334 e. The van der Waals surface area contributed by atoms with Crippen molar-refractivity contribution >= 4 is 23.2 Å². The van der Waals surface area contributed by atoms with Gasteiger partial charge < -0.3 is 10.2 Å².